The Bertz CT molecular complexity index is 507. The summed E-state index contributed by atoms with van der Waals surface area (Å²) in [5.41, 5.74) is 1.36. The molecule has 0 aliphatic heterocycles. The summed E-state index contributed by atoms with van der Waals surface area (Å²) in [5, 5.41) is 4.07. The third-order valence-corrected chi connectivity index (χ3v) is 1.96. The van der Waals surface area contributed by atoms with Crippen molar-refractivity contribution in [3.63, 3.8) is 0 Å². The molecule has 0 aromatic carbocycles. The molecule has 0 spiro atoms. The molecule has 0 bridgehead atoms. The van der Waals surface area contributed by atoms with Crippen LogP contribution in [-0.2, 0) is 7.05 Å². The van der Waals surface area contributed by atoms with Gasteiger partial charge in [-0.1, -0.05) is 0 Å². The van der Waals surface area contributed by atoms with Gasteiger partial charge in [-0.05, 0) is 6.07 Å². The highest BCUT2D eigenvalue weighted by molar-refractivity contribution is 5.85. The van der Waals surface area contributed by atoms with Crippen molar-refractivity contribution in [3.8, 4) is 11.3 Å². The Hall–Kier alpha value is -2.04. The van der Waals surface area contributed by atoms with E-state index < -0.39 is 5.82 Å². The van der Waals surface area contributed by atoms with Gasteiger partial charge in [0.1, 0.15) is 11.5 Å². The van der Waals surface area contributed by atoms with Crippen LogP contribution in [0.15, 0.2) is 24.7 Å². The average molecular weight is 205 g/mol. The van der Waals surface area contributed by atoms with E-state index in [0.717, 1.165) is 6.20 Å². The van der Waals surface area contributed by atoms with Crippen LogP contribution in [0.4, 0.5) is 4.39 Å². The van der Waals surface area contributed by atoms with Crippen molar-refractivity contribution in [1.29, 1.82) is 0 Å². The minimum absolute atomic E-state index is 0.421. The zero-order chi connectivity index (χ0) is 10.8. The second-order valence-electron chi connectivity index (χ2n) is 3.12. The first-order chi connectivity index (χ1) is 7.20. The molecule has 0 fully saturated rings. The van der Waals surface area contributed by atoms with Crippen molar-refractivity contribution in [1.82, 2.24) is 14.8 Å². The Morgan fingerprint density at radius 3 is 2.93 bits per heavy atom. The summed E-state index contributed by atoms with van der Waals surface area (Å²) in [6, 6.07) is 1.29. The van der Waals surface area contributed by atoms with E-state index in [2.05, 4.69) is 10.1 Å². The lowest BCUT2D eigenvalue weighted by molar-refractivity contribution is 0.112. The number of hydrogen-bond acceptors (Lipinski definition) is 3. The van der Waals surface area contributed by atoms with Crippen molar-refractivity contribution >= 4 is 6.29 Å². The molecule has 0 saturated carbocycles. The number of carbonyl (C=O) groups excluding carboxylic acids is 1. The van der Waals surface area contributed by atoms with Crippen LogP contribution in [0.1, 0.15) is 10.4 Å². The minimum Gasteiger partial charge on any atom is -0.298 e. The first-order valence-corrected chi connectivity index (χ1v) is 4.30. The highest BCUT2D eigenvalue weighted by atomic mass is 19.1. The second kappa shape index (κ2) is 3.61. The fourth-order valence-corrected chi connectivity index (χ4v) is 1.36. The van der Waals surface area contributed by atoms with Crippen LogP contribution in [-0.4, -0.2) is 21.1 Å². The molecule has 0 saturated heterocycles. The summed E-state index contributed by atoms with van der Waals surface area (Å²) >= 11 is 0. The van der Waals surface area contributed by atoms with Crippen molar-refractivity contribution < 1.29 is 9.18 Å². The van der Waals surface area contributed by atoms with E-state index in [-0.39, 0.29) is 0 Å². The van der Waals surface area contributed by atoms with E-state index in [1.165, 1.54) is 16.9 Å². The molecule has 5 heteroatoms. The molecule has 0 amide bonds. The quantitative estimate of drug-likeness (QED) is 0.697. The zero-order valence-electron chi connectivity index (χ0n) is 8.01. The second-order valence-corrected chi connectivity index (χ2v) is 3.12. The Kier molecular flexibility index (Phi) is 2.29. The summed E-state index contributed by atoms with van der Waals surface area (Å²) < 4.78 is 14.4. The van der Waals surface area contributed by atoms with Gasteiger partial charge in [-0.2, -0.15) is 5.10 Å². The van der Waals surface area contributed by atoms with Crippen LogP contribution in [0.25, 0.3) is 11.3 Å². The number of aromatic nitrogens is 3. The fraction of sp³-hybridized carbons (Fsp3) is 0.100. The maximum absolute atomic E-state index is 12.9. The van der Waals surface area contributed by atoms with Crippen LogP contribution in [0.2, 0.25) is 0 Å². The summed E-state index contributed by atoms with van der Waals surface area (Å²) in [6.45, 7) is 0. The van der Waals surface area contributed by atoms with Gasteiger partial charge in [0.05, 0.1) is 11.8 Å². The summed E-state index contributed by atoms with van der Waals surface area (Å²) in [5.74, 6) is -0.449. The predicted octanol–water partition coefficient (Wildman–Crippen LogP) is 1.43. The molecule has 15 heavy (non-hydrogen) atoms. The van der Waals surface area contributed by atoms with Crippen LogP contribution >= 0.6 is 0 Å². The Labute approximate surface area is 85.4 Å². The third kappa shape index (κ3) is 1.76. The number of aryl methyl sites for hydroxylation is 1. The number of aldehydes is 1. The Morgan fingerprint density at radius 2 is 2.27 bits per heavy atom. The predicted molar refractivity (Wildman–Crippen MR) is 51.8 cm³/mol. The minimum atomic E-state index is -0.449. The number of nitrogens with zero attached hydrogens (tertiary/aromatic N) is 3. The van der Waals surface area contributed by atoms with E-state index in [4.69, 9.17) is 0 Å². The van der Waals surface area contributed by atoms with Gasteiger partial charge in [-0.15, -0.1) is 0 Å². The molecule has 0 atom stereocenters. The molecular formula is C10H8FN3O. The largest absolute Gasteiger partial charge is 0.298 e. The maximum Gasteiger partial charge on any atom is 0.153 e. The highest BCUT2D eigenvalue weighted by Gasteiger charge is 2.10. The van der Waals surface area contributed by atoms with Gasteiger partial charge < -0.3 is 0 Å². The molecular weight excluding hydrogens is 197 g/mol. The molecule has 0 aliphatic rings. The molecule has 4 nitrogen and oxygen atoms in total. The van der Waals surface area contributed by atoms with Crippen molar-refractivity contribution in [2.24, 2.45) is 7.05 Å². The molecule has 76 valence electrons. The smallest absolute Gasteiger partial charge is 0.153 e. The van der Waals surface area contributed by atoms with Crippen LogP contribution < -0.4 is 0 Å². The van der Waals surface area contributed by atoms with Gasteiger partial charge in [0.15, 0.2) is 6.29 Å². The SMILES string of the molecule is Cn1cc(C=O)c(-c2cncc(F)c2)n1. The average Bonchev–Trinajstić information content (AvgIpc) is 2.59. The first kappa shape index (κ1) is 9.51. The lowest BCUT2D eigenvalue weighted by atomic mass is 10.1. The Balaban J connectivity index is 2.57. The monoisotopic (exact) mass is 205 g/mol. The third-order valence-electron chi connectivity index (χ3n) is 1.96. The van der Waals surface area contributed by atoms with Crippen molar-refractivity contribution in [3.05, 3.63) is 36.0 Å². The number of halogens is 1. The molecule has 2 aromatic heterocycles. The summed E-state index contributed by atoms with van der Waals surface area (Å²) in [7, 11) is 1.70. The van der Waals surface area contributed by atoms with E-state index in [1.54, 1.807) is 13.2 Å². The zero-order valence-corrected chi connectivity index (χ0v) is 8.01. The normalized spacial score (nSPS) is 10.3. The number of carbonyl (C=O) groups is 1. The van der Waals surface area contributed by atoms with Crippen molar-refractivity contribution in [2.75, 3.05) is 0 Å². The van der Waals surface area contributed by atoms with Crippen LogP contribution in [0, 0.1) is 5.82 Å². The molecule has 0 N–H and O–H groups in total. The number of pyridine rings is 1. The van der Waals surface area contributed by atoms with Crippen molar-refractivity contribution in [2.45, 2.75) is 0 Å². The van der Waals surface area contributed by atoms with Gasteiger partial charge >= 0.3 is 0 Å². The molecule has 0 aliphatic carbocycles. The first-order valence-electron chi connectivity index (χ1n) is 4.30. The fourth-order valence-electron chi connectivity index (χ4n) is 1.36. The maximum atomic E-state index is 12.9. The van der Waals surface area contributed by atoms with E-state index in [0.29, 0.717) is 23.1 Å². The van der Waals surface area contributed by atoms with E-state index in [9.17, 15) is 9.18 Å². The summed E-state index contributed by atoms with van der Waals surface area (Å²) in [4.78, 5) is 14.4. The number of rotatable bonds is 2. The molecule has 0 unspecified atom stereocenters. The van der Waals surface area contributed by atoms with Crippen LogP contribution in [0.3, 0.4) is 0 Å². The van der Waals surface area contributed by atoms with E-state index in [1.807, 2.05) is 0 Å². The summed E-state index contributed by atoms with van der Waals surface area (Å²) in [6.07, 6.45) is 4.84. The van der Waals surface area contributed by atoms with Crippen LogP contribution in [0.5, 0.6) is 0 Å². The molecule has 2 rings (SSSR count). The topological polar surface area (TPSA) is 47.8 Å². The Morgan fingerprint density at radius 1 is 1.47 bits per heavy atom. The van der Waals surface area contributed by atoms with Gasteiger partial charge in [0.25, 0.3) is 0 Å². The number of hydrogen-bond donors (Lipinski definition) is 0. The highest BCUT2D eigenvalue weighted by Crippen LogP contribution is 2.20. The van der Waals surface area contributed by atoms with Gasteiger partial charge in [0.2, 0.25) is 0 Å². The lowest BCUT2D eigenvalue weighted by Gasteiger charge is -1.96. The molecule has 0 radical (unpaired) electrons. The van der Waals surface area contributed by atoms with Gasteiger partial charge in [-0.3, -0.25) is 14.5 Å². The van der Waals surface area contributed by atoms with Gasteiger partial charge in [-0.25, -0.2) is 4.39 Å². The standard InChI is InChI=1S/C10H8FN3O/c1-14-5-8(6-15)10(13-14)7-2-9(11)4-12-3-7/h2-6H,1H3. The lowest BCUT2D eigenvalue weighted by Crippen LogP contribution is -1.89. The molecule has 2 aromatic rings. The molecule has 2 heterocycles. The van der Waals surface area contributed by atoms with Gasteiger partial charge in [0, 0.05) is 25.0 Å². The van der Waals surface area contributed by atoms with E-state index >= 15 is 0 Å².